The molecule has 0 radical (unpaired) electrons. The number of nitrogens with one attached hydrogen (secondary N) is 1. The van der Waals surface area contributed by atoms with E-state index in [2.05, 4.69) is 15.3 Å². The predicted octanol–water partition coefficient (Wildman–Crippen LogP) is 0.784. The van der Waals surface area contributed by atoms with Gasteiger partial charge in [-0.15, -0.1) is 0 Å². The van der Waals surface area contributed by atoms with Gasteiger partial charge in [-0.1, -0.05) is 12.8 Å². The van der Waals surface area contributed by atoms with Crippen molar-refractivity contribution in [2.45, 2.75) is 31.3 Å². The van der Waals surface area contributed by atoms with E-state index in [-0.39, 0.29) is 0 Å². The molecule has 0 spiro atoms. The zero-order valence-electron chi connectivity index (χ0n) is 9.94. The van der Waals surface area contributed by atoms with E-state index >= 15 is 0 Å². The van der Waals surface area contributed by atoms with Crippen LogP contribution in [0.1, 0.15) is 25.7 Å². The van der Waals surface area contributed by atoms with Crippen molar-refractivity contribution in [1.82, 2.24) is 9.97 Å². The van der Waals surface area contributed by atoms with Crippen LogP contribution in [0, 0.1) is 0 Å². The lowest BCUT2D eigenvalue weighted by Crippen LogP contribution is -2.33. The molecule has 17 heavy (non-hydrogen) atoms. The Hall–Kier alpha value is -1.56. The molecule has 2 rings (SSSR count). The van der Waals surface area contributed by atoms with Crippen LogP contribution in [0.25, 0.3) is 0 Å². The van der Waals surface area contributed by atoms with Crippen LogP contribution in [0.5, 0.6) is 5.75 Å². The fraction of sp³-hybridized carbons (Fsp3) is 0.636. The van der Waals surface area contributed by atoms with Gasteiger partial charge in [0.25, 0.3) is 0 Å². The number of nitrogen functional groups attached to an aromatic ring is 1. The number of hydrogen-bond acceptors (Lipinski definition) is 6. The molecule has 0 aromatic carbocycles. The summed E-state index contributed by atoms with van der Waals surface area (Å²) in [4.78, 5) is 7.91. The van der Waals surface area contributed by atoms with Gasteiger partial charge in [-0.05, 0) is 12.8 Å². The predicted molar refractivity (Wildman–Crippen MR) is 64.9 cm³/mol. The fourth-order valence-corrected chi connectivity index (χ4v) is 2.17. The first-order chi connectivity index (χ1) is 8.14. The molecule has 94 valence electrons. The summed E-state index contributed by atoms with van der Waals surface area (Å²) in [5, 5.41) is 13.3. The van der Waals surface area contributed by atoms with Crippen LogP contribution < -0.4 is 15.8 Å². The first-order valence-electron chi connectivity index (χ1n) is 5.75. The minimum absolute atomic E-state index is 0.295. The summed E-state index contributed by atoms with van der Waals surface area (Å²) < 4.78 is 5.13. The molecule has 1 saturated carbocycles. The summed E-state index contributed by atoms with van der Waals surface area (Å²) in [5.74, 6) is 1.25. The minimum Gasteiger partial charge on any atom is -0.490 e. The lowest BCUT2D eigenvalue weighted by Gasteiger charge is -2.23. The first-order valence-corrected chi connectivity index (χ1v) is 5.75. The fourth-order valence-electron chi connectivity index (χ4n) is 2.17. The van der Waals surface area contributed by atoms with E-state index in [1.807, 2.05) is 0 Å². The molecule has 1 aromatic heterocycles. The molecule has 0 bridgehead atoms. The van der Waals surface area contributed by atoms with Gasteiger partial charge in [0.1, 0.15) is 6.33 Å². The third kappa shape index (κ3) is 2.58. The van der Waals surface area contributed by atoms with Gasteiger partial charge >= 0.3 is 0 Å². The summed E-state index contributed by atoms with van der Waals surface area (Å²) in [5.41, 5.74) is 5.04. The summed E-state index contributed by atoms with van der Waals surface area (Å²) in [6.45, 7) is 0.458. The Morgan fingerprint density at radius 1 is 1.47 bits per heavy atom. The van der Waals surface area contributed by atoms with Gasteiger partial charge in [0, 0.05) is 6.54 Å². The zero-order valence-corrected chi connectivity index (χ0v) is 9.94. The highest BCUT2D eigenvalue weighted by atomic mass is 16.5. The second-order valence-corrected chi connectivity index (χ2v) is 4.43. The van der Waals surface area contributed by atoms with Crippen molar-refractivity contribution < 1.29 is 9.84 Å². The van der Waals surface area contributed by atoms with Crippen LogP contribution >= 0.6 is 0 Å². The summed E-state index contributed by atoms with van der Waals surface area (Å²) in [7, 11) is 1.52. The van der Waals surface area contributed by atoms with Gasteiger partial charge in [0.2, 0.25) is 5.75 Å². The number of nitrogens with two attached hydrogens (primary N) is 1. The van der Waals surface area contributed by atoms with Crippen LogP contribution in [0.15, 0.2) is 6.33 Å². The Labute approximate surface area is 100 Å². The van der Waals surface area contributed by atoms with E-state index in [4.69, 9.17) is 10.5 Å². The molecule has 1 aromatic rings. The number of nitrogens with zero attached hydrogens (tertiary/aromatic N) is 2. The number of hydrogen-bond donors (Lipinski definition) is 3. The van der Waals surface area contributed by atoms with Crippen molar-refractivity contribution in [2.24, 2.45) is 0 Å². The van der Waals surface area contributed by atoms with E-state index in [1.54, 1.807) is 0 Å². The molecule has 0 atom stereocenters. The topological polar surface area (TPSA) is 93.3 Å². The average molecular weight is 238 g/mol. The number of methoxy groups -OCH3 is 1. The van der Waals surface area contributed by atoms with Crippen molar-refractivity contribution in [3.8, 4) is 5.75 Å². The Morgan fingerprint density at radius 2 is 2.18 bits per heavy atom. The van der Waals surface area contributed by atoms with E-state index in [9.17, 15) is 5.11 Å². The average Bonchev–Trinajstić information content (AvgIpc) is 2.74. The van der Waals surface area contributed by atoms with Gasteiger partial charge in [0.05, 0.1) is 12.7 Å². The molecule has 1 heterocycles. The van der Waals surface area contributed by atoms with E-state index in [1.165, 1.54) is 13.4 Å². The maximum atomic E-state index is 10.2. The van der Waals surface area contributed by atoms with Crippen LogP contribution in [0.3, 0.4) is 0 Å². The third-order valence-corrected chi connectivity index (χ3v) is 3.15. The maximum absolute atomic E-state index is 10.2. The standard InChI is InChI=1S/C11H18N4O2/c1-17-8-9(12)14-7-15-10(8)13-6-11(16)4-2-3-5-11/h7,16H,2-6H2,1H3,(H3,12,13,14,15). The van der Waals surface area contributed by atoms with Crippen LogP contribution in [-0.2, 0) is 0 Å². The molecular formula is C11H18N4O2. The molecule has 4 N–H and O–H groups in total. The number of rotatable bonds is 4. The van der Waals surface area contributed by atoms with Gasteiger partial charge < -0.3 is 20.9 Å². The zero-order chi connectivity index (χ0) is 12.3. The van der Waals surface area contributed by atoms with Gasteiger partial charge in [0.15, 0.2) is 11.6 Å². The smallest absolute Gasteiger partial charge is 0.203 e. The Morgan fingerprint density at radius 3 is 2.82 bits per heavy atom. The Balaban J connectivity index is 2.06. The molecule has 6 nitrogen and oxygen atoms in total. The Kier molecular flexibility index (Phi) is 3.33. The molecule has 1 aliphatic rings. The van der Waals surface area contributed by atoms with Gasteiger partial charge in [-0.3, -0.25) is 0 Å². The third-order valence-electron chi connectivity index (χ3n) is 3.15. The number of aromatic nitrogens is 2. The quantitative estimate of drug-likeness (QED) is 0.718. The van der Waals surface area contributed by atoms with Crippen LogP contribution in [-0.4, -0.2) is 34.3 Å². The van der Waals surface area contributed by atoms with Crippen molar-refractivity contribution in [1.29, 1.82) is 0 Å². The van der Waals surface area contributed by atoms with Crippen molar-refractivity contribution in [3.63, 3.8) is 0 Å². The molecule has 6 heteroatoms. The van der Waals surface area contributed by atoms with Gasteiger partial charge in [-0.2, -0.15) is 0 Å². The van der Waals surface area contributed by atoms with Crippen molar-refractivity contribution >= 4 is 11.6 Å². The SMILES string of the molecule is COc1c(N)ncnc1NCC1(O)CCCC1. The number of anilines is 2. The van der Waals surface area contributed by atoms with Crippen molar-refractivity contribution in [2.75, 3.05) is 24.7 Å². The van der Waals surface area contributed by atoms with Crippen LogP contribution in [0.2, 0.25) is 0 Å². The summed E-state index contributed by atoms with van der Waals surface area (Å²) in [6, 6.07) is 0. The maximum Gasteiger partial charge on any atom is 0.203 e. The minimum atomic E-state index is -0.634. The second-order valence-electron chi connectivity index (χ2n) is 4.43. The largest absolute Gasteiger partial charge is 0.490 e. The molecule has 0 unspecified atom stereocenters. The summed E-state index contributed by atoms with van der Waals surface area (Å²) in [6.07, 6.45) is 5.16. The lowest BCUT2D eigenvalue weighted by atomic mass is 10.0. The second kappa shape index (κ2) is 4.75. The summed E-state index contributed by atoms with van der Waals surface area (Å²) >= 11 is 0. The molecule has 1 aliphatic carbocycles. The lowest BCUT2D eigenvalue weighted by molar-refractivity contribution is 0.0613. The molecule has 0 aliphatic heterocycles. The highest BCUT2D eigenvalue weighted by Crippen LogP contribution is 2.31. The molecular weight excluding hydrogens is 220 g/mol. The van der Waals surface area contributed by atoms with Crippen molar-refractivity contribution in [3.05, 3.63) is 6.33 Å². The van der Waals surface area contributed by atoms with Crippen LogP contribution in [0.4, 0.5) is 11.6 Å². The van der Waals surface area contributed by atoms with Gasteiger partial charge in [-0.25, -0.2) is 9.97 Å². The normalized spacial score (nSPS) is 18.0. The first kappa shape index (κ1) is 11.9. The number of aliphatic hydroxyl groups is 1. The Bertz CT molecular complexity index is 391. The van der Waals surface area contributed by atoms with E-state index < -0.39 is 5.60 Å². The monoisotopic (exact) mass is 238 g/mol. The molecule has 0 saturated heterocycles. The number of ether oxygens (including phenoxy) is 1. The van der Waals surface area contributed by atoms with E-state index in [0.29, 0.717) is 23.9 Å². The molecule has 0 amide bonds. The highest BCUT2D eigenvalue weighted by molar-refractivity contribution is 5.61. The molecule has 1 fully saturated rings. The van der Waals surface area contributed by atoms with E-state index in [0.717, 1.165) is 25.7 Å². The highest BCUT2D eigenvalue weighted by Gasteiger charge is 2.31.